The lowest BCUT2D eigenvalue weighted by molar-refractivity contribution is 0.361. The second-order valence-electron chi connectivity index (χ2n) is 5.11. The summed E-state index contributed by atoms with van der Waals surface area (Å²) in [5.74, 6) is 0.942. The Kier molecular flexibility index (Phi) is 11.7. The van der Waals surface area contributed by atoms with Crippen molar-refractivity contribution in [1.29, 1.82) is 0 Å². The number of halogens is 2. The average Bonchev–Trinajstić information content (AvgIpc) is 2.48. The number of nitrogens with one attached hydrogen (secondary N) is 1. The molecule has 0 spiro atoms. The summed E-state index contributed by atoms with van der Waals surface area (Å²) in [5, 5.41) is 4.11. The van der Waals surface area contributed by atoms with E-state index in [4.69, 9.17) is 11.6 Å². The van der Waals surface area contributed by atoms with Gasteiger partial charge in [0, 0.05) is 31.7 Å². The van der Waals surface area contributed by atoms with Gasteiger partial charge in [0.05, 0.1) is 6.54 Å². The summed E-state index contributed by atoms with van der Waals surface area (Å²) in [6.45, 7) is 8.75. The third-order valence-electron chi connectivity index (χ3n) is 3.31. The zero-order valence-electron chi connectivity index (χ0n) is 14.0. The van der Waals surface area contributed by atoms with Crippen LogP contribution < -0.4 is 5.32 Å². The molecule has 0 heterocycles. The van der Waals surface area contributed by atoms with Crippen LogP contribution in [0.3, 0.4) is 0 Å². The smallest absolute Gasteiger partial charge is 0.194 e. The number of hydrogen-bond donors (Lipinski definition) is 1. The molecule has 1 aromatic rings. The Bertz CT molecular complexity index is 436. The maximum atomic E-state index is 5.92. The largest absolute Gasteiger partial charge is 0.357 e. The molecule has 0 radical (unpaired) electrons. The van der Waals surface area contributed by atoms with Crippen LogP contribution >= 0.6 is 35.6 Å². The third-order valence-corrected chi connectivity index (χ3v) is 3.56. The number of guanidine groups is 1. The predicted molar refractivity (Wildman–Crippen MR) is 107 cm³/mol. The summed E-state index contributed by atoms with van der Waals surface area (Å²) in [6.07, 6.45) is 0. The summed E-state index contributed by atoms with van der Waals surface area (Å²) in [6, 6.07) is 7.94. The van der Waals surface area contributed by atoms with Gasteiger partial charge in [0.2, 0.25) is 0 Å². The molecule has 4 nitrogen and oxygen atoms in total. The van der Waals surface area contributed by atoms with E-state index in [1.165, 1.54) is 5.56 Å². The van der Waals surface area contributed by atoms with Crippen LogP contribution in [-0.4, -0.2) is 56.0 Å². The fourth-order valence-electron chi connectivity index (χ4n) is 1.89. The Hall–Kier alpha value is -0.530. The van der Waals surface area contributed by atoms with Crippen LogP contribution in [0.4, 0.5) is 0 Å². The fourth-order valence-corrected chi connectivity index (χ4v) is 2.02. The molecule has 0 atom stereocenters. The summed E-state index contributed by atoms with van der Waals surface area (Å²) in [5.41, 5.74) is 1.22. The van der Waals surface area contributed by atoms with Crippen molar-refractivity contribution >= 4 is 41.5 Å². The van der Waals surface area contributed by atoms with E-state index >= 15 is 0 Å². The van der Waals surface area contributed by atoms with E-state index in [-0.39, 0.29) is 24.0 Å². The van der Waals surface area contributed by atoms with Crippen molar-refractivity contribution in [3.63, 3.8) is 0 Å². The first-order valence-corrected chi connectivity index (χ1v) is 7.87. The van der Waals surface area contributed by atoms with E-state index in [1.54, 1.807) is 0 Å². The molecule has 1 rings (SSSR count). The molecule has 126 valence electrons. The van der Waals surface area contributed by atoms with Gasteiger partial charge in [-0.05, 0) is 38.2 Å². The van der Waals surface area contributed by atoms with Gasteiger partial charge >= 0.3 is 0 Å². The van der Waals surface area contributed by atoms with E-state index in [2.05, 4.69) is 48.1 Å². The molecule has 22 heavy (non-hydrogen) atoms. The molecule has 6 heteroatoms. The lowest BCUT2D eigenvalue weighted by Crippen LogP contribution is -2.39. The summed E-state index contributed by atoms with van der Waals surface area (Å²) >= 11 is 5.92. The van der Waals surface area contributed by atoms with Crippen LogP contribution in [0.15, 0.2) is 29.3 Å². The molecule has 0 saturated heterocycles. The minimum atomic E-state index is 0. The molecule has 0 amide bonds. The number of aliphatic imine (C=N–C) groups is 1. The van der Waals surface area contributed by atoms with Crippen LogP contribution in [0.2, 0.25) is 5.02 Å². The Morgan fingerprint density at radius 3 is 2.36 bits per heavy atom. The fraction of sp³-hybridized carbons (Fsp3) is 0.562. The Balaban J connectivity index is 0.00000441. The van der Waals surface area contributed by atoms with Crippen molar-refractivity contribution in [3.8, 4) is 0 Å². The van der Waals surface area contributed by atoms with Crippen LogP contribution in [0, 0.1) is 0 Å². The molecule has 0 fully saturated rings. The maximum Gasteiger partial charge on any atom is 0.194 e. The maximum absolute atomic E-state index is 5.92. The normalized spacial score (nSPS) is 11.3. The van der Waals surface area contributed by atoms with E-state index in [9.17, 15) is 0 Å². The highest BCUT2D eigenvalue weighted by molar-refractivity contribution is 14.0. The molecule has 0 saturated carbocycles. The molecule has 0 aliphatic heterocycles. The van der Waals surface area contributed by atoms with Gasteiger partial charge in [0.25, 0.3) is 0 Å². The first kappa shape index (κ1) is 21.5. The minimum absolute atomic E-state index is 0. The number of benzene rings is 1. The molecule has 1 aromatic carbocycles. The minimum Gasteiger partial charge on any atom is -0.357 e. The van der Waals surface area contributed by atoms with Crippen molar-refractivity contribution in [2.24, 2.45) is 4.99 Å². The number of likely N-dealkylation sites (N-methyl/N-ethyl adjacent to an activating group) is 1. The summed E-state index contributed by atoms with van der Waals surface area (Å²) < 4.78 is 0. The van der Waals surface area contributed by atoms with Gasteiger partial charge in [-0.15, -0.1) is 24.0 Å². The van der Waals surface area contributed by atoms with Gasteiger partial charge in [-0.2, -0.15) is 0 Å². The molecule has 0 aliphatic carbocycles. The topological polar surface area (TPSA) is 30.9 Å². The molecule has 0 bridgehead atoms. The zero-order valence-corrected chi connectivity index (χ0v) is 17.1. The van der Waals surface area contributed by atoms with Crippen molar-refractivity contribution in [2.75, 3.05) is 40.3 Å². The van der Waals surface area contributed by atoms with Crippen molar-refractivity contribution in [2.45, 2.75) is 20.4 Å². The first-order valence-electron chi connectivity index (χ1n) is 7.49. The second-order valence-corrected chi connectivity index (χ2v) is 5.55. The van der Waals surface area contributed by atoms with Crippen molar-refractivity contribution in [3.05, 3.63) is 34.9 Å². The van der Waals surface area contributed by atoms with Crippen LogP contribution in [0.25, 0.3) is 0 Å². The predicted octanol–water partition coefficient (Wildman–Crippen LogP) is 3.31. The lowest BCUT2D eigenvalue weighted by Gasteiger charge is -2.22. The number of hydrogen-bond acceptors (Lipinski definition) is 2. The molecular formula is C16H28ClIN4. The Morgan fingerprint density at radius 1 is 1.18 bits per heavy atom. The molecule has 0 aromatic heterocycles. The molecule has 1 N–H and O–H groups in total. The van der Waals surface area contributed by atoms with Crippen LogP contribution in [0.1, 0.15) is 19.4 Å². The van der Waals surface area contributed by atoms with Gasteiger partial charge < -0.3 is 15.1 Å². The second kappa shape index (κ2) is 12.0. The van der Waals surface area contributed by atoms with Crippen molar-refractivity contribution < 1.29 is 0 Å². The van der Waals surface area contributed by atoms with E-state index in [0.29, 0.717) is 0 Å². The quantitative estimate of drug-likeness (QED) is 0.402. The summed E-state index contributed by atoms with van der Waals surface area (Å²) in [7, 11) is 4.17. The summed E-state index contributed by atoms with van der Waals surface area (Å²) in [4.78, 5) is 9.07. The monoisotopic (exact) mass is 438 g/mol. The van der Waals surface area contributed by atoms with Gasteiger partial charge in [0.1, 0.15) is 0 Å². The Labute approximate surface area is 156 Å². The molecule has 0 aliphatic rings. The van der Waals surface area contributed by atoms with Gasteiger partial charge in [-0.3, -0.25) is 4.99 Å². The van der Waals surface area contributed by atoms with E-state index in [1.807, 2.05) is 24.3 Å². The third kappa shape index (κ3) is 8.19. The number of nitrogens with zero attached hydrogens (tertiary/aromatic N) is 3. The van der Waals surface area contributed by atoms with Gasteiger partial charge in [-0.1, -0.05) is 30.7 Å². The highest BCUT2D eigenvalue weighted by Gasteiger charge is 2.06. The highest BCUT2D eigenvalue weighted by atomic mass is 127. The van der Waals surface area contributed by atoms with Crippen LogP contribution in [-0.2, 0) is 6.54 Å². The standard InChI is InChI=1S/C16H27ClN4.HI/c1-5-18-16(19-11-12-20(3)6-2)21(4)13-14-7-9-15(17)10-8-14;/h7-10H,5-6,11-13H2,1-4H3,(H,18,19);1H. The molecule has 0 unspecified atom stereocenters. The SMILES string of the molecule is CCNC(=NCCN(C)CC)N(C)Cc1ccc(Cl)cc1.I. The highest BCUT2D eigenvalue weighted by Crippen LogP contribution is 2.10. The van der Waals surface area contributed by atoms with Gasteiger partial charge in [-0.25, -0.2) is 0 Å². The zero-order chi connectivity index (χ0) is 15.7. The van der Waals surface area contributed by atoms with Gasteiger partial charge in [0.15, 0.2) is 5.96 Å². The number of rotatable bonds is 7. The van der Waals surface area contributed by atoms with Crippen molar-refractivity contribution in [1.82, 2.24) is 15.1 Å². The van der Waals surface area contributed by atoms with Crippen LogP contribution in [0.5, 0.6) is 0 Å². The first-order chi connectivity index (χ1) is 10.1. The Morgan fingerprint density at radius 2 is 1.82 bits per heavy atom. The molecular weight excluding hydrogens is 411 g/mol. The lowest BCUT2D eigenvalue weighted by atomic mass is 10.2. The van der Waals surface area contributed by atoms with E-state index in [0.717, 1.165) is 43.7 Å². The van der Waals surface area contributed by atoms with E-state index < -0.39 is 0 Å². The average molecular weight is 439 g/mol.